The molecule has 2 aromatic carbocycles. The molecule has 0 radical (unpaired) electrons. The third-order valence-corrected chi connectivity index (χ3v) is 8.87. The summed E-state index contributed by atoms with van der Waals surface area (Å²) in [6.07, 6.45) is 1.61. The van der Waals surface area contributed by atoms with E-state index < -0.39 is 15.9 Å². The molecule has 0 bridgehead atoms. The molecule has 0 fully saturated rings. The Kier molecular flexibility index (Phi) is 9.52. The molecule has 40 heavy (non-hydrogen) atoms. The van der Waals surface area contributed by atoms with E-state index in [2.05, 4.69) is 25.8 Å². The van der Waals surface area contributed by atoms with Crippen LogP contribution in [0, 0.1) is 0 Å². The maximum atomic E-state index is 12.8. The van der Waals surface area contributed by atoms with Gasteiger partial charge in [-0.15, -0.1) is 21.5 Å². The SMILES string of the molecule is CCOc1ccc(-n2c(CNC(=O)c3ccc(S(=O)(=O)N(C)C)cc3)nnc2SCC(=O)Nc2nccs2)cc1. The van der Waals surface area contributed by atoms with Crippen LogP contribution in [0.2, 0.25) is 0 Å². The Morgan fingerprint density at radius 1 is 1.07 bits per heavy atom. The number of thiazole rings is 1. The lowest BCUT2D eigenvalue weighted by atomic mass is 10.2. The summed E-state index contributed by atoms with van der Waals surface area (Å²) in [6.45, 7) is 2.46. The number of hydrogen-bond acceptors (Lipinski definition) is 10. The molecule has 0 atom stereocenters. The molecule has 15 heteroatoms. The van der Waals surface area contributed by atoms with Gasteiger partial charge in [-0.25, -0.2) is 17.7 Å². The van der Waals surface area contributed by atoms with E-state index in [4.69, 9.17) is 4.74 Å². The monoisotopic (exact) mass is 601 g/mol. The van der Waals surface area contributed by atoms with Crippen molar-refractivity contribution in [1.29, 1.82) is 0 Å². The Bertz CT molecular complexity index is 1550. The first-order chi connectivity index (χ1) is 19.2. The minimum atomic E-state index is -3.60. The lowest BCUT2D eigenvalue weighted by Gasteiger charge is -2.13. The quantitative estimate of drug-likeness (QED) is 0.234. The van der Waals surface area contributed by atoms with Crippen molar-refractivity contribution < 1.29 is 22.7 Å². The van der Waals surface area contributed by atoms with Crippen LogP contribution >= 0.6 is 23.1 Å². The normalized spacial score (nSPS) is 11.4. The van der Waals surface area contributed by atoms with E-state index >= 15 is 0 Å². The summed E-state index contributed by atoms with van der Waals surface area (Å²) in [5.74, 6) is 0.560. The highest BCUT2D eigenvalue weighted by Gasteiger charge is 2.19. The predicted molar refractivity (Wildman–Crippen MR) is 152 cm³/mol. The maximum absolute atomic E-state index is 12.8. The molecule has 0 spiro atoms. The van der Waals surface area contributed by atoms with E-state index in [1.54, 1.807) is 16.1 Å². The van der Waals surface area contributed by atoms with Crippen molar-refractivity contribution in [3.8, 4) is 11.4 Å². The molecule has 12 nitrogen and oxygen atoms in total. The molecule has 0 aliphatic heterocycles. The van der Waals surface area contributed by atoms with Crippen LogP contribution in [0.3, 0.4) is 0 Å². The Hall–Kier alpha value is -3.79. The number of carbonyl (C=O) groups is 2. The zero-order chi connectivity index (χ0) is 28.7. The smallest absolute Gasteiger partial charge is 0.251 e. The molecule has 4 rings (SSSR count). The first-order valence-electron chi connectivity index (χ1n) is 12.0. The van der Waals surface area contributed by atoms with Crippen molar-refractivity contribution in [3.05, 3.63) is 71.5 Å². The van der Waals surface area contributed by atoms with Gasteiger partial charge in [-0.2, -0.15) is 0 Å². The number of rotatable bonds is 12. The minimum absolute atomic E-state index is 0.0304. The Morgan fingerprint density at radius 2 is 1.80 bits per heavy atom. The number of nitrogens with zero attached hydrogens (tertiary/aromatic N) is 5. The highest BCUT2D eigenvalue weighted by Crippen LogP contribution is 2.24. The van der Waals surface area contributed by atoms with Crippen LogP contribution < -0.4 is 15.4 Å². The average Bonchev–Trinajstić information content (AvgIpc) is 3.61. The first-order valence-corrected chi connectivity index (χ1v) is 15.3. The van der Waals surface area contributed by atoms with Gasteiger partial charge in [0.15, 0.2) is 16.1 Å². The Morgan fingerprint density at radius 3 is 2.42 bits per heavy atom. The number of sulfonamides is 1. The molecular formula is C25H27N7O5S3. The number of hydrogen-bond donors (Lipinski definition) is 2. The van der Waals surface area contributed by atoms with Crippen molar-refractivity contribution in [3.63, 3.8) is 0 Å². The van der Waals surface area contributed by atoms with Gasteiger partial charge in [-0.1, -0.05) is 11.8 Å². The highest BCUT2D eigenvalue weighted by molar-refractivity contribution is 7.99. The van der Waals surface area contributed by atoms with Crippen molar-refractivity contribution in [2.45, 2.75) is 23.5 Å². The third-order valence-electron chi connectivity index (χ3n) is 5.42. The second-order valence-electron chi connectivity index (χ2n) is 8.33. The second-order valence-corrected chi connectivity index (χ2v) is 12.3. The van der Waals surface area contributed by atoms with Gasteiger partial charge in [0, 0.05) is 36.9 Å². The fourth-order valence-corrected chi connectivity index (χ4v) is 5.66. The van der Waals surface area contributed by atoms with Crippen LogP contribution in [0.4, 0.5) is 5.13 Å². The van der Waals surface area contributed by atoms with E-state index in [1.165, 1.54) is 61.5 Å². The number of nitrogens with one attached hydrogen (secondary N) is 2. The molecule has 2 aromatic heterocycles. The summed E-state index contributed by atoms with van der Waals surface area (Å²) >= 11 is 2.52. The van der Waals surface area contributed by atoms with Gasteiger partial charge in [0.2, 0.25) is 15.9 Å². The summed E-state index contributed by atoms with van der Waals surface area (Å²) in [5, 5.41) is 16.8. The molecule has 2 heterocycles. The van der Waals surface area contributed by atoms with Crippen LogP contribution in [0.5, 0.6) is 5.75 Å². The summed E-state index contributed by atoms with van der Waals surface area (Å²) < 4.78 is 33.0. The van der Waals surface area contributed by atoms with Crippen molar-refractivity contribution in [2.24, 2.45) is 0 Å². The number of thioether (sulfide) groups is 1. The molecule has 0 saturated heterocycles. The van der Waals surface area contributed by atoms with Crippen LogP contribution in [-0.4, -0.2) is 70.7 Å². The van der Waals surface area contributed by atoms with Crippen LogP contribution in [-0.2, 0) is 21.4 Å². The summed E-state index contributed by atoms with van der Waals surface area (Å²) in [5.41, 5.74) is 1.01. The summed E-state index contributed by atoms with van der Waals surface area (Å²) in [7, 11) is -0.722. The number of benzene rings is 2. The van der Waals surface area contributed by atoms with Crippen molar-refractivity contribution in [1.82, 2.24) is 29.4 Å². The molecule has 0 unspecified atom stereocenters. The topological polar surface area (TPSA) is 148 Å². The van der Waals surface area contributed by atoms with Crippen molar-refractivity contribution >= 4 is 50.1 Å². The molecule has 0 saturated carbocycles. The van der Waals surface area contributed by atoms with E-state index in [0.717, 1.165) is 9.99 Å². The number of amides is 2. The lowest BCUT2D eigenvalue weighted by Crippen LogP contribution is -2.25. The highest BCUT2D eigenvalue weighted by atomic mass is 32.2. The van der Waals surface area contributed by atoms with Crippen molar-refractivity contribution in [2.75, 3.05) is 31.8 Å². The van der Waals surface area contributed by atoms with E-state index in [-0.39, 0.29) is 23.1 Å². The van der Waals surface area contributed by atoms with Gasteiger partial charge in [0.1, 0.15) is 5.75 Å². The Balaban J connectivity index is 1.51. The zero-order valence-electron chi connectivity index (χ0n) is 21.9. The average molecular weight is 602 g/mol. The first kappa shape index (κ1) is 29.2. The fourth-order valence-electron chi connectivity index (χ4n) is 3.45. The fraction of sp³-hybridized carbons (Fsp3) is 0.240. The van der Waals surface area contributed by atoms with Gasteiger partial charge in [-0.05, 0) is 55.5 Å². The summed E-state index contributed by atoms with van der Waals surface area (Å²) in [6, 6.07) is 13.0. The molecule has 210 valence electrons. The van der Waals surface area contributed by atoms with Gasteiger partial charge in [-0.3, -0.25) is 14.2 Å². The van der Waals surface area contributed by atoms with Gasteiger partial charge in [0.05, 0.1) is 23.8 Å². The van der Waals surface area contributed by atoms with Gasteiger partial charge < -0.3 is 15.4 Å². The van der Waals surface area contributed by atoms with Crippen LogP contribution in [0.25, 0.3) is 5.69 Å². The molecule has 4 aromatic rings. The van der Waals surface area contributed by atoms with E-state index in [9.17, 15) is 18.0 Å². The van der Waals surface area contributed by atoms with E-state index in [1.807, 2.05) is 31.2 Å². The van der Waals surface area contributed by atoms with Gasteiger partial charge >= 0.3 is 0 Å². The standard InChI is InChI=1S/C25H27N7O5S3/c1-4-37-19-9-7-18(8-10-19)32-21(29-30-25(32)39-16-22(33)28-24-26-13-14-38-24)15-27-23(34)17-5-11-20(12-6-17)40(35,36)31(2)3/h5-14H,4,15-16H2,1-3H3,(H,27,34)(H,26,28,33). The molecule has 0 aliphatic carbocycles. The molecule has 2 amide bonds. The minimum Gasteiger partial charge on any atom is -0.494 e. The number of carbonyl (C=O) groups excluding carboxylic acids is 2. The molecular weight excluding hydrogens is 575 g/mol. The molecule has 2 N–H and O–H groups in total. The number of aromatic nitrogens is 4. The predicted octanol–water partition coefficient (Wildman–Crippen LogP) is 3.03. The van der Waals surface area contributed by atoms with Gasteiger partial charge in [0.25, 0.3) is 5.91 Å². The Labute approximate surface area is 239 Å². The number of ether oxygens (including phenoxy) is 1. The largest absolute Gasteiger partial charge is 0.494 e. The van der Waals surface area contributed by atoms with Crippen LogP contribution in [0.15, 0.2) is 70.2 Å². The van der Waals surface area contributed by atoms with Crippen LogP contribution in [0.1, 0.15) is 23.1 Å². The third kappa shape index (κ3) is 7.04. The number of anilines is 1. The van der Waals surface area contributed by atoms with E-state index in [0.29, 0.717) is 34.0 Å². The lowest BCUT2D eigenvalue weighted by molar-refractivity contribution is -0.113. The second kappa shape index (κ2) is 13.0. The maximum Gasteiger partial charge on any atom is 0.251 e. The zero-order valence-corrected chi connectivity index (χ0v) is 24.3. The molecule has 0 aliphatic rings. The summed E-state index contributed by atoms with van der Waals surface area (Å²) in [4.78, 5) is 29.4.